The first-order chi connectivity index (χ1) is 9.44. The van der Waals surface area contributed by atoms with Crippen molar-refractivity contribution in [2.75, 3.05) is 13.7 Å². The summed E-state index contributed by atoms with van der Waals surface area (Å²) in [7, 11) is 1.51. The van der Waals surface area contributed by atoms with Crippen molar-refractivity contribution in [2.45, 2.75) is 25.5 Å². The fourth-order valence-electron chi connectivity index (χ4n) is 1.99. The minimum atomic E-state index is -1.20. The summed E-state index contributed by atoms with van der Waals surface area (Å²) in [6.07, 6.45) is 1.65. The highest BCUT2D eigenvalue weighted by atomic mass is 19.1. The topological polar surface area (TPSA) is 60.2 Å². The van der Waals surface area contributed by atoms with Gasteiger partial charge >= 0.3 is 0 Å². The quantitative estimate of drug-likeness (QED) is 0.908. The number of methoxy groups -OCH3 is 1. The molecule has 0 saturated heterocycles. The number of halogens is 1. The largest absolute Gasteiger partial charge is 0.381 e. The number of aromatic nitrogens is 3. The lowest BCUT2D eigenvalue weighted by Crippen LogP contribution is -2.27. The van der Waals surface area contributed by atoms with E-state index >= 15 is 0 Å². The standard InChI is InChI=1S/C14H18FN3O2/c1-10(11-5-4-6-12(15)7-11)18-8-13(16-17-18)14(2,19)9-20-3/h4-8,10,19H,9H2,1-3H3/t10-,14?/m1/s1. The maximum atomic E-state index is 13.2. The summed E-state index contributed by atoms with van der Waals surface area (Å²) in [5.74, 6) is -0.291. The molecule has 20 heavy (non-hydrogen) atoms. The van der Waals surface area contributed by atoms with Crippen LogP contribution in [0.25, 0.3) is 0 Å². The minimum Gasteiger partial charge on any atom is -0.381 e. The van der Waals surface area contributed by atoms with E-state index in [4.69, 9.17) is 4.74 Å². The van der Waals surface area contributed by atoms with Crippen molar-refractivity contribution in [3.05, 3.63) is 47.5 Å². The van der Waals surface area contributed by atoms with Gasteiger partial charge in [0.1, 0.15) is 17.1 Å². The van der Waals surface area contributed by atoms with Gasteiger partial charge in [-0.25, -0.2) is 9.07 Å². The lowest BCUT2D eigenvalue weighted by atomic mass is 10.0. The van der Waals surface area contributed by atoms with Crippen molar-refractivity contribution in [1.82, 2.24) is 15.0 Å². The third kappa shape index (κ3) is 3.02. The van der Waals surface area contributed by atoms with E-state index in [1.54, 1.807) is 23.9 Å². The zero-order valence-electron chi connectivity index (χ0n) is 11.7. The first-order valence-corrected chi connectivity index (χ1v) is 6.33. The van der Waals surface area contributed by atoms with Gasteiger partial charge in [-0.1, -0.05) is 17.3 Å². The Morgan fingerprint density at radius 3 is 2.90 bits per heavy atom. The van der Waals surface area contributed by atoms with E-state index in [1.807, 2.05) is 13.0 Å². The highest BCUT2D eigenvalue weighted by Crippen LogP contribution is 2.22. The van der Waals surface area contributed by atoms with Crippen molar-refractivity contribution in [2.24, 2.45) is 0 Å². The van der Waals surface area contributed by atoms with Crippen LogP contribution in [0.15, 0.2) is 30.5 Å². The van der Waals surface area contributed by atoms with Gasteiger partial charge in [0.2, 0.25) is 0 Å². The molecule has 0 fully saturated rings. The molecule has 108 valence electrons. The monoisotopic (exact) mass is 279 g/mol. The van der Waals surface area contributed by atoms with Crippen LogP contribution in [0.4, 0.5) is 4.39 Å². The molecule has 0 bridgehead atoms. The Kier molecular flexibility index (Phi) is 4.15. The second-order valence-corrected chi connectivity index (χ2v) is 5.02. The molecular formula is C14H18FN3O2. The number of benzene rings is 1. The summed E-state index contributed by atoms with van der Waals surface area (Å²) in [6, 6.07) is 6.15. The number of hydrogen-bond acceptors (Lipinski definition) is 4. The van der Waals surface area contributed by atoms with E-state index in [0.29, 0.717) is 5.69 Å². The molecule has 0 radical (unpaired) electrons. The Bertz CT molecular complexity index is 583. The second kappa shape index (κ2) is 5.68. The van der Waals surface area contributed by atoms with Gasteiger partial charge in [0.15, 0.2) is 0 Å². The van der Waals surface area contributed by atoms with Crippen LogP contribution in [0.1, 0.15) is 31.1 Å². The molecular weight excluding hydrogens is 261 g/mol. The van der Waals surface area contributed by atoms with Crippen LogP contribution in [0.3, 0.4) is 0 Å². The predicted molar refractivity (Wildman–Crippen MR) is 71.7 cm³/mol. The smallest absolute Gasteiger partial charge is 0.130 e. The molecule has 0 aliphatic carbocycles. The van der Waals surface area contributed by atoms with Crippen LogP contribution in [-0.2, 0) is 10.3 Å². The van der Waals surface area contributed by atoms with Crippen LogP contribution in [0.5, 0.6) is 0 Å². The third-order valence-electron chi connectivity index (χ3n) is 3.22. The van der Waals surface area contributed by atoms with E-state index in [2.05, 4.69) is 10.3 Å². The van der Waals surface area contributed by atoms with E-state index in [1.165, 1.54) is 19.2 Å². The molecule has 0 amide bonds. The van der Waals surface area contributed by atoms with Crippen LogP contribution < -0.4 is 0 Å². The number of ether oxygens (including phenoxy) is 1. The van der Waals surface area contributed by atoms with Gasteiger partial charge in [-0.05, 0) is 31.5 Å². The normalized spacial score (nSPS) is 15.8. The summed E-state index contributed by atoms with van der Waals surface area (Å²) in [5.41, 5.74) is 0.00436. The van der Waals surface area contributed by atoms with Gasteiger partial charge in [-0.3, -0.25) is 0 Å². The van der Waals surface area contributed by atoms with Crippen LogP contribution >= 0.6 is 0 Å². The van der Waals surface area contributed by atoms with Gasteiger partial charge in [0, 0.05) is 7.11 Å². The molecule has 6 heteroatoms. The summed E-state index contributed by atoms with van der Waals surface area (Å²) >= 11 is 0. The van der Waals surface area contributed by atoms with Gasteiger partial charge in [-0.2, -0.15) is 0 Å². The van der Waals surface area contributed by atoms with Crippen molar-refractivity contribution in [3.8, 4) is 0 Å². The molecule has 1 unspecified atom stereocenters. The lowest BCUT2D eigenvalue weighted by Gasteiger charge is -2.18. The lowest BCUT2D eigenvalue weighted by molar-refractivity contribution is -0.0240. The summed E-state index contributed by atoms with van der Waals surface area (Å²) in [5, 5.41) is 18.2. The van der Waals surface area contributed by atoms with E-state index in [9.17, 15) is 9.50 Å². The van der Waals surface area contributed by atoms with Gasteiger partial charge in [0.25, 0.3) is 0 Å². The van der Waals surface area contributed by atoms with Crippen LogP contribution in [0, 0.1) is 5.82 Å². The molecule has 0 saturated carbocycles. The number of hydrogen-bond donors (Lipinski definition) is 1. The van der Waals surface area contributed by atoms with E-state index in [0.717, 1.165) is 5.56 Å². The Hall–Kier alpha value is -1.79. The molecule has 2 atom stereocenters. The average molecular weight is 279 g/mol. The molecule has 1 aromatic carbocycles. The third-order valence-corrected chi connectivity index (χ3v) is 3.22. The molecule has 0 aliphatic rings. The van der Waals surface area contributed by atoms with Crippen molar-refractivity contribution < 1.29 is 14.2 Å². The summed E-state index contributed by atoms with van der Waals surface area (Å²) in [4.78, 5) is 0. The first-order valence-electron chi connectivity index (χ1n) is 6.33. The Morgan fingerprint density at radius 1 is 1.50 bits per heavy atom. The maximum Gasteiger partial charge on any atom is 0.130 e. The maximum absolute atomic E-state index is 13.2. The molecule has 5 nitrogen and oxygen atoms in total. The second-order valence-electron chi connectivity index (χ2n) is 5.02. The molecule has 1 heterocycles. The summed E-state index contributed by atoms with van der Waals surface area (Å²) < 4.78 is 19.8. The molecule has 1 N–H and O–H groups in total. The SMILES string of the molecule is COCC(C)(O)c1cn([C@H](C)c2cccc(F)c2)nn1. The molecule has 2 aromatic rings. The fraction of sp³-hybridized carbons (Fsp3) is 0.429. The summed E-state index contributed by atoms with van der Waals surface area (Å²) in [6.45, 7) is 3.62. The Balaban J connectivity index is 2.24. The van der Waals surface area contributed by atoms with Crippen molar-refractivity contribution in [3.63, 3.8) is 0 Å². The molecule has 0 aliphatic heterocycles. The number of nitrogens with zero attached hydrogens (tertiary/aromatic N) is 3. The number of rotatable bonds is 5. The van der Waals surface area contributed by atoms with Gasteiger partial charge < -0.3 is 9.84 Å². The van der Waals surface area contributed by atoms with Gasteiger partial charge in [-0.15, -0.1) is 5.10 Å². The minimum absolute atomic E-state index is 0.125. The zero-order valence-corrected chi connectivity index (χ0v) is 11.7. The van der Waals surface area contributed by atoms with Gasteiger partial charge in [0.05, 0.1) is 18.8 Å². The Labute approximate surface area is 117 Å². The predicted octanol–water partition coefficient (Wildman–Crippen LogP) is 1.88. The highest BCUT2D eigenvalue weighted by Gasteiger charge is 2.27. The van der Waals surface area contributed by atoms with Crippen LogP contribution in [-0.4, -0.2) is 33.8 Å². The average Bonchev–Trinajstić information content (AvgIpc) is 2.88. The number of aliphatic hydroxyl groups is 1. The molecule has 1 aromatic heterocycles. The van der Waals surface area contributed by atoms with Crippen molar-refractivity contribution >= 4 is 0 Å². The fourth-order valence-corrected chi connectivity index (χ4v) is 1.99. The van der Waals surface area contributed by atoms with Crippen molar-refractivity contribution in [1.29, 1.82) is 0 Å². The highest BCUT2D eigenvalue weighted by molar-refractivity contribution is 5.20. The Morgan fingerprint density at radius 2 is 2.25 bits per heavy atom. The zero-order chi connectivity index (χ0) is 14.8. The first kappa shape index (κ1) is 14.6. The van der Waals surface area contributed by atoms with E-state index < -0.39 is 5.60 Å². The van der Waals surface area contributed by atoms with E-state index in [-0.39, 0.29) is 18.5 Å². The molecule has 0 spiro atoms. The molecule has 2 rings (SSSR count). The van der Waals surface area contributed by atoms with Crippen LogP contribution in [0.2, 0.25) is 0 Å².